The molecule has 2 aromatic carbocycles. The van der Waals surface area contributed by atoms with E-state index < -0.39 is 48.2 Å². The summed E-state index contributed by atoms with van der Waals surface area (Å²) >= 11 is 0. The van der Waals surface area contributed by atoms with Crippen LogP contribution in [0.5, 0.6) is 0 Å². The average molecular weight is 524 g/mol. The normalized spacial score (nSPS) is 12.7. The van der Waals surface area contributed by atoms with Crippen LogP contribution in [-0.2, 0) is 41.6 Å². The highest BCUT2D eigenvalue weighted by molar-refractivity contribution is 5.89. The number of alkyl carbamates (subject to hydrolysis) is 1. The molecule has 3 aromatic rings. The van der Waals surface area contributed by atoms with Crippen molar-refractivity contribution in [1.29, 1.82) is 0 Å². The van der Waals surface area contributed by atoms with Crippen LogP contribution in [0.25, 0.3) is 10.9 Å². The van der Waals surface area contributed by atoms with Crippen molar-refractivity contribution in [3.8, 4) is 0 Å². The topological polar surface area (TPSA) is 136 Å². The molecule has 0 spiro atoms. The van der Waals surface area contributed by atoms with Crippen LogP contribution in [0.3, 0.4) is 0 Å². The lowest BCUT2D eigenvalue weighted by Crippen LogP contribution is -2.46. The van der Waals surface area contributed by atoms with Gasteiger partial charge in [-0.3, -0.25) is 4.79 Å². The number of rotatable bonds is 10. The lowest BCUT2D eigenvalue weighted by molar-refractivity contribution is -0.152. The molecule has 3 N–H and O–H groups in total. The Kier molecular flexibility index (Phi) is 9.48. The maximum absolute atomic E-state index is 13.0. The first kappa shape index (κ1) is 28.2. The number of amides is 2. The number of para-hydroxylation sites is 1. The lowest BCUT2D eigenvalue weighted by Gasteiger charge is -2.21. The first-order valence-corrected chi connectivity index (χ1v) is 12.2. The quantitative estimate of drug-likeness (QED) is 0.274. The van der Waals surface area contributed by atoms with Gasteiger partial charge >= 0.3 is 18.0 Å². The highest BCUT2D eigenvalue weighted by atomic mass is 16.6. The average Bonchev–Trinajstić information content (AvgIpc) is 3.27. The maximum Gasteiger partial charge on any atom is 0.408 e. The number of esters is 2. The van der Waals surface area contributed by atoms with Crippen molar-refractivity contribution in [2.75, 3.05) is 6.61 Å². The van der Waals surface area contributed by atoms with Gasteiger partial charge < -0.3 is 29.8 Å². The standard InChI is InChI=1S/C28H33N3O7/c1-18(30-27(35)38-28(2,3)4)25(33)37-17-24(32)31-23(26(34)36-16-19-10-6-5-7-11-19)14-20-15-29-22-13-9-8-12-21(20)22/h5-13,15,18,23,29H,14,16-17H2,1-4H3,(H,30,35)(H,31,32). The molecule has 0 saturated heterocycles. The molecule has 1 aromatic heterocycles. The van der Waals surface area contributed by atoms with Crippen molar-refractivity contribution in [1.82, 2.24) is 15.6 Å². The van der Waals surface area contributed by atoms with Gasteiger partial charge in [-0.2, -0.15) is 0 Å². The summed E-state index contributed by atoms with van der Waals surface area (Å²) in [5, 5.41) is 5.87. The molecule has 10 heteroatoms. The molecule has 2 unspecified atom stereocenters. The molecule has 2 atom stereocenters. The molecule has 0 fully saturated rings. The summed E-state index contributed by atoms with van der Waals surface area (Å²) < 4.78 is 15.6. The summed E-state index contributed by atoms with van der Waals surface area (Å²) in [4.78, 5) is 52.9. The first-order valence-electron chi connectivity index (χ1n) is 12.2. The zero-order valence-electron chi connectivity index (χ0n) is 21.9. The monoisotopic (exact) mass is 523 g/mol. The maximum atomic E-state index is 13.0. The van der Waals surface area contributed by atoms with Crippen LogP contribution in [0.1, 0.15) is 38.8 Å². The van der Waals surface area contributed by atoms with E-state index >= 15 is 0 Å². The second-order valence-corrected chi connectivity index (χ2v) is 9.75. The molecule has 1 heterocycles. The largest absolute Gasteiger partial charge is 0.459 e. The second kappa shape index (κ2) is 12.8. The molecule has 202 valence electrons. The Morgan fingerprint density at radius 3 is 2.29 bits per heavy atom. The third-order valence-electron chi connectivity index (χ3n) is 5.37. The van der Waals surface area contributed by atoms with Crippen molar-refractivity contribution in [2.45, 2.75) is 58.4 Å². The number of carbonyl (C=O) groups is 4. The molecular weight excluding hydrogens is 490 g/mol. The summed E-state index contributed by atoms with van der Waals surface area (Å²) in [6.07, 6.45) is 1.15. The van der Waals surface area contributed by atoms with E-state index in [4.69, 9.17) is 14.2 Å². The number of ether oxygens (including phenoxy) is 3. The number of aromatic amines is 1. The van der Waals surface area contributed by atoms with E-state index in [0.717, 1.165) is 22.0 Å². The molecule has 0 aliphatic rings. The number of H-pyrrole nitrogens is 1. The van der Waals surface area contributed by atoms with Crippen LogP contribution >= 0.6 is 0 Å². The predicted molar refractivity (Wildman–Crippen MR) is 140 cm³/mol. The van der Waals surface area contributed by atoms with Crippen molar-refractivity contribution < 1.29 is 33.4 Å². The SMILES string of the molecule is CC(NC(=O)OC(C)(C)C)C(=O)OCC(=O)NC(Cc1c[nH]c2ccccc12)C(=O)OCc1ccccc1. The third-order valence-corrected chi connectivity index (χ3v) is 5.37. The van der Waals surface area contributed by atoms with Gasteiger partial charge in [-0.1, -0.05) is 48.5 Å². The number of benzene rings is 2. The zero-order chi connectivity index (χ0) is 27.7. The number of nitrogens with one attached hydrogen (secondary N) is 3. The van der Waals surface area contributed by atoms with Crippen molar-refractivity contribution in [2.24, 2.45) is 0 Å². The van der Waals surface area contributed by atoms with E-state index in [0.29, 0.717) is 0 Å². The van der Waals surface area contributed by atoms with Crippen LogP contribution in [0, 0.1) is 0 Å². The predicted octanol–water partition coefficient (Wildman–Crippen LogP) is 3.40. The van der Waals surface area contributed by atoms with E-state index in [2.05, 4.69) is 15.6 Å². The first-order chi connectivity index (χ1) is 18.0. The summed E-state index contributed by atoms with van der Waals surface area (Å²) in [7, 11) is 0. The smallest absolute Gasteiger partial charge is 0.408 e. The Morgan fingerprint density at radius 1 is 0.895 bits per heavy atom. The molecule has 2 amide bonds. The Labute approximate surface area is 221 Å². The Balaban J connectivity index is 1.61. The summed E-state index contributed by atoms with van der Waals surface area (Å²) in [6, 6.07) is 14.7. The highest BCUT2D eigenvalue weighted by Gasteiger charge is 2.26. The zero-order valence-corrected chi connectivity index (χ0v) is 21.9. The number of aromatic nitrogens is 1. The Morgan fingerprint density at radius 2 is 1.58 bits per heavy atom. The van der Waals surface area contributed by atoms with Gasteiger partial charge in [-0.05, 0) is 44.9 Å². The van der Waals surface area contributed by atoms with E-state index in [-0.39, 0.29) is 13.0 Å². The van der Waals surface area contributed by atoms with Gasteiger partial charge in [-0.25, -0.2) is 14.4 Å². The minimum absolute atomic E-state index is 0.0444. The van der Waals surface area contributed by atoms with Crippen LogP contribution < -0.4 is 10.6 Å². The van der Waals surface area contributed by atoms with Crippen molar-refractivity contribution >= 4 is 34.8 Å². The Bertz CT molecular complexity index is 1260. The molecule has 10 nitrogen and oxygen atoms in total. The number of carbonyl (C=O) groups excluding carboxylic acids is 4. The summed E-state index contributed by atoms with van der Waals surface area (Å²) in [6.45, 7) is 5.88. The van der Waals surface area contributed by atoms with Gasteiger partial charge in [0, 0.05) is 23.5 Å². The van der Waals surface area contributed by atoms with Crippen LogP contribution in [0.2, 0.25) is 0 Å². The fourth-order valence-corrected chi connectivity index (χ4v) is 3.58. The number of hydrogen-bond acceptors (Lipinski definition) is 7. The number of fused-ring (bicyclic) bond motifs is 1. The molecule has 3 rings (SSSR count). The minimum atomic E-state index is -1.05. The fourth-order valence-electron chi connectivity index (χ4n) is 3.58. The highest BCUT2D eigenvalue weighted by Crippen LogP contribution is 2.19. The molecule has 0 aliphatic heterocycles. The van der Waals surface area contributed by atoms with Gasteiger partial charge in [0.1, 0.15) is 24.3 Å². The van der Waals surface area contributed by atoms with Gasteiger partial charge in [0.05, 0.1) is 0 Å². The molecular formula is C28H33N3O7. The number of hydrogen-bond donors (Lipinski definition) is 3. The third kappa shape index (κ3) is 8.65. The van der Waals surface area contributed by atoms with E-state index in [9.17, 15) is 19.2 Å². The minimum Gasteiger partial charge on any atom is -0.459 e. The molecule has 0 radical (unpaired) electrons. The van der Waals surface area contributed by atoms with E-state index in [1.165, 1.54) is 6.92 Å². The molecule has 0 saturated carbocycles. The van der Waals surface area contributed by atoms with Crippen LogP contribution in [-0.4, -0.2) is 53.2 Å². The van der Waals surface area contributed by atoms with E-state index in [1.54, 1.807) is 27.0 Å². The van der Waals surface area contributed by atoms with E-state index in [1.807, 2.05) is 54.6 Å². The second-order valence-electron chi connectivity index (χ2n) is 9.75. The molecule has 0 bridgehead atoms. The van der Waals surface area contributed by atoms with Crippen molar-refractivity contribution in [3.63, 3.8) is 0 Å². The van der Waals surface area contributed by atoms with Gasteiger partial charge in [0.2, 0.25) is 0 Å². The Hall–Kier alpha value is -4.34. The lowest BCUT2D eigenvalue weighted by atomic mass is 10.0. The van der Waals surface area contributed by atoms with Gasteiger partial charge in [0.25, 0.3) is 5.91 Å². The summed E-state index contributed by atoms with van der Waals surface area (Å²) in [5.74, 6) is -2.14. The van der Waals surface area contributed by atoms with Crippen LogP contribution in [0.15, 0.2) is 60.8 Å². The van der Waals surface area contributed by atoms with Gasteiger partial charge in [-0.15, -0.1) is 0 Å². The van der Waals surface area contributed by atoms with Gasteiger partial charge in [0.15, 0.2) is 6.61 Å². The fraction of sp³-hybridized carbons (Fsp3) is 0.357. The van der Waals surface area contributed by atoms with Crippen LogP contribution in [0.4, 0.5) is 4.79 Å². The molecule has 38 heavy (non-hydrogen) atoms. The van der Waals surface area contributed by atoms with Crippen molar-refractivity contribution in [3.05, 3.63) is 71.9 Å². The molecule has 0 aliphatic carbocycles. The summed E-state index contributed by atoms with van der Waals surface area (Å²) in [5.41, 5.74) is 1.78.